The number of benzene rings is 2. The van der Waals surface area contributed by atoms with Gasteiger partial charge < -0.3 is 10.6 Å². The minimum Gasteiger partial charge on any atom is -0.348 e. The monoisotopic (exact) mass is 284 g/mol. The van der Waals surface area contributed by atoms with Gasteiger partial charge in [0.15, 0.2) is 0 Å². The first-order chi connectivity index (χ1) is 10.1. The van der Waals surface area contributed by atoms with Crippen molar-refractivity contribution in [1.82, 2.24) is 10.6 Å². The van der Waals surface area contributed by atoms with Crippen molar-refractivity contribution in [2.75, 3.05) is 0 Å². The van der Waals surface area contributed by atoms with Gasteiger partial charge in [-0.25, -0.2) is 4.39 Å². The van der Waals surface area contributed by atoms with Crippen LogP contribution in [0.3, 0.4) is 0 Å². The Bertz CT molecular complexity index is 697. The highest BCUT2D eigenvalue weighted by atomic mass is 19.1. The number of hydrogen-bond donors (Lipinski definition) is 2. The fourth-order valence-corrected chi connectivity index (χ4v) is 2.62. The van der Waals surface area contributed by atoms with E-state index in [1.165, 1.54) is 29.3 Å². The van der Waals surface area contributed by atoms with E-state index in [1.54, 1.807) is 6.92 Å². The number of nitrogens with one attached hydrogen (secondary N) is 2. The van der Waals surface area contributed by atoms with Gasteiger partial charge in [-0.05, 0) is 47.4 Å². The molecule has 0 aromatic heterocycles. The van der Waals surface area contributed by atoms with E-state index in [1.807, 2.05) is 6.07 Å². The lowest BCUT2D eigenvalue weighted by Gasteiger charge is -2.09. The van der Waals surface area contributed by atoms with Crippen LogP contribution in [0.2, 0.25) is 0 Å². The SMILES string of the molecule is Cc1cc(F)ccc1C(=O)NCc1ccc2c(c1)CNC2. The third kappa shape index (κ3) is 2.95. The lowest BCUT2D eigenvalue weighted by atomic mass is 10.1. The lowest BCUT2D eigenvalue weighted by molar-refractivity contribution is 0.0950. The summed E-state index contributed by atoms with van der Waals surface area (Å²) in [4.78, 5) is 12.1. The molecule has 0 saturated carbocycles. The maximum absolute atomic E-state index is 13.1. The number of amides is 1. The van der Waals surface area contributed by atoms with Crippen molar-refractivity contribution in [3.8, 4) is 0 Å². The molecule has 2 aromatic carbocycles. The summed E-state index contributed by atoms with van der Waals surface area (Å²) >= 11 is 0. The number of rotatable bonds is 3. The third-order valence-electron chi connectivity index (χ3n) is 3.79. The Labute approximate surface area is 123 Å². The van der Waals surface area contributed by atoms with Crippen molar-refractivity contribution in [3.05, 3.63) is 70.0 Å². The maximum atomic E-state index is 13.1. The topological polar surface area (TPSA) is 41.1 Å². The van der Waals surface area contributed by atoms with Gasteiger partial charge in [0.25, 0.3) is 5.91 Å². The number of carbonyl (C=O) groups excluding carboxylic acids is 1. The zero-order valence-electron chi connectivity index (χ0n) is 11.9. The van der Waals surface area contributed by atoms with Crippen LogP contribution in [0.4, 0.5) is 4.39 Å². The average Bonchev–Trinajstić information content (AvgIpc) is 2.92. The lowest BCUT2D eigenvalue weighted by Crippen LogP contribution is -2.23. The van der Waals surface area contributed by atoms with E-state index in [-0.39, 0.29) is 11.7 Å². The summed E-state index contributed by atoms with van der Waals surface area (Å²) in [7, 11) is 0. The minimum absolute atomic E-state index is 0.175. The van der Waals surface area contributed by atoms with Gasteiger partial charge in [-0.2, -0.15) is 0 Å². The highest BCUT2D eigenvalue weighted by Crippen LogP contribution is 2.17. The first kappa shape index (κ1) is 13.8. The molecule has 0 spiro atoms. The number of halogens is 1. The molecular formula is C17H17FN2O. The standard InChI is InChI=1S/C17H17FN2O/c1-11-6-15(18)4-5-16(11)17(21)20-8-12-2-3-13-9-19-10-14(13)7-12/h2-7,19H,8-10H2,1H3,(H,20,21). The van der Waals surface area contributed by atoms with Gasteiger partial charge in [-0.1, -0.05) is 18.2 Å². The quantitative estimate of drug-likeness (QED) is 0.910. The summed E-state index contributed by atoms with van der Waals surface area (Å²) in [5.41, 5.74) is 4.84. The van der Waals surface area contributed by atoms with Crippen molar-refractivity contribution in [2.24, 2.45) is 0 Å². The molecule has 0 aliphatic carbocycles. The van der Waals surface area contributed by atoms with Gasteiger partial charge in [0, 0.05) is 25.2 Å². The average molecular weight is 284 g/mol. The molecular weight excluding hydrogens is 267 g/mol. The third-order valence-corrected chi connectivity index (χ3v) is 3.79. The second-order valence-corrected chi connectivity index (χ2v) is 5.35. The van der Waals surface area contributed by atoms with Crippen molar-refractivity contribution < 1.29 is 9.18 Å². The minimum atomic E-state index is -0.324. The molecule has 2 aromatic rings. The Balaban J connectivity index is 1.68. The fourth-order valence-electron chi connectivity index (χ4n) is 2.62. The smallest absolute Gasteiger partial charge is 0.251 e. The zero-order chi connectivity index (χ0) is 14.8. The first-order valence-electron chi connectivity index (χ1n) is 6.99. The normalized spacial score (nSPS) is 13.0. The highest BCUT2D eigenvalue weighted by Gasteiger charge is 2.12. The second kappa shape index (κ2) is 5.66. The molecule has 0 atom stereocenters. The Hall–Kier alpha value is -2.20. The number of aryl methyl sites for hydroxylation is 1. The Morgan fingerprint density at radius 1 is 1.19 bits per heavy atom. The molecule has 2 N–H and O–H groups in total. The molecule has 108 valence electrons. The molecule has 3 rings (SSSR count). The van der Waals surface area contributed by atoms with Gasteiger partial charge in [0.2, 0.25) is 0 Å². The van der Waals surface area contributed by atoms with Crippen LogP contribution < -0.4 is 10.6 Å². The van der Waals surface area contributed by atoms with Crippen LogP contribution in [0.1, 0.15) is 32.6 Å². The van der Waals surface area contributed by atoms with Crippen molar-refractivity contribution in [2.45, 2.75) is 26.6 Å². The summed E-state index contributed by atoms with van der Waals surface area (Å²) in [5.74, 6) is -0.499. The van der Waals surface area contributed by atoms with Crippen LogP contribution in [-0.4, -0.2) is 5.91 Å². The Morgan fingerprint density at radius 3 is 2.81 bits per heavy atom. The Morgan fingerprint density at radius 2 is 2.00 bits per heavy atom. The summed E-state index contributed by atoms with van der Waals surface area (Å²) in [6, 6.07) is 10.4. The highest BCUT2D eigenvalue weighted by molar-refractivity contribution is 5.95. The number of hydrogen-bond acceptors (Lipinski definition) is 2. The van der Waals surface area contributed by atoms with Crippen molar-refractivity contribution in [1.29, 1.82) is 0 Å². The van der Waals surface area contributed by atoms with Gasteiger partial charge >= 0.3 is 0 Å². The summed E-state index contributed by atoms with van der Waals surface area (Å²) < 4.78 is 13.1. The fraction of sp³-hybridized carbons (Fsp3) is 0.235. The van der Waals surface area contributed by atoms with Crippen LogP contribution in [0.15, 0.2) is 36.4 Å². The molecule has 1 amide bonds. The molecule has 0 saturated heterocycles. The van der Waals surface area contributed by atoms with Crippen molar-refractivity contribution >= 4 is 5.91 Å². The van der Waals surface area contributed by atoms with Gasteiger partial charge in [-0.15, -0.1) is 0 Å². The predicted molar refractivity (Wildman–Crippen MR) is 79.3 cm³/mol. The van der Waals surface area contributed by atoms with Gasteiger partial charge in [-0.3, -0.25) is 4.79 Å². The second-order valence-electron chi connectivity index (χ2n) is 5.35. The van der Waals surface area contributed by atoms with Crippen LogP contribution in [0.25, 0.3) is 0 Å². The maximum Gasteiger partial charge on any atom is 0.251 e. The molecule has 4 heteroatoms. The number of carbonyl (C=O) groups is 1. The van der Waals surface area contributed by atoms with E-state index in [0.717, 1.165) is 18.7 Å². The van der Waals surface area contributed by atoms with Gasteiger partial charge in [0.05, 0.1) is 0 Å². The van der Waals surface area contributed by atoms with E-state index in [2.05, 4.69) is 22.8 Å². The van der Waals surface area contributed by atoms with Crippen molar-refractivity contribution in [3.63, 3.8) is 0 Å². The predicted octanol–water partition coefficient (Wildman–Crippen LogP) is 2.67. The summed E-state index contributed by atoms with van der Waals surface area (Å²) in [5, 5.41) is 6.18. The van der Waals surface area contributed by atoms with E-state index in [9.17, 15) is 9.18 Å². The molecule has 0 bridgehead atoms. The molecule has 1 heterocycles. The summed E-state index contributed by atoms with van der Waals surface area (Å²) in [6.45, 7) is 4.01. The first-order valence-corrected chi connectivity index (χ1v) is 6.99. The molecule has 3 nitrogen and oxygen atoms in total. The van der Waals surface area contributed by atoms with Crippen LogP contribution >= 0.6 is 0 Å². The largest absolute Gasteiger partial charge is 0.348 e. The number of fused-ring (bicyclic) bond motifs is 1. The molecule has 0 radical (unpaired) electrons. The van der Waals surface area contributed by atoms with E-state index in [0.29, 0.717) is 17.7 Å². The summed E-state index contributed by atoms with van der Waals surface area (Å²) in [6.07, 6.45) is 0. The van der Waals surface area contributed by atoms with Crippen LogP contribution in [-0.2, 0) is 19.6 Å². The van der Waals surface area contributed by atoms with E-state index in [4.69, 9.17) is 0 Å². The molecule has 1 aliphatic rings. The molecule has 1 aliphatic heterocycles. The van der Waals surface area contributed by atoms with Crippen LogP contribution in [0, 0.1) is 12.7 Å². The van der Waals surface area contributed by atoms with E-state index >= 15 is 0 Å². The zero-order valence-corrected chi connectivity index (χ0v) is 11.9. The molecule has 21 heavy (non-hydrogen) atoms. The van der Waals surface area contributed by atoms with E-state index < -0.39 is 0 Å². The molecule has 0 unspecified atom stereocenters. The molecule has 0 fully saturated rings. The van der Waals surface area contributed by atoms with Gasteiger partial charge in [0.1, 0.15) is 5.82 Å². The Kier molecular flexibility index (Phi) is 3.71. The van der Waals surface area contributed by atoms with Crippen LogP contribution in [0.5, 0.6) is 0 Å².